The molecule has 2 aromatic heterocycles. The van der Waals surface area contributed by atoms with Crippen LogP contribution in [0.1, 0.15) is 30.0 Å². The fourth-order valence-electron chi connectivity index (χ4n) is 2.03. The molecule has 23 heavy (non-hydrogen) atoms. The van der Waals surface area contributed by atoms with Crippen molar-refractivity contribution in [1.29, 1.82) is 0 Å². The average Bonchev–Trinajstić information content (AvgIpc) is 2.93. The van der Waals surface area contributed by atoms with Crippen LogP contribution in [0.3, 0.4) is 0 Å². The van der Waals surface area contributed by atoms with E-state index >= 15 is 0 Å². The number of hydrogen-bond donors (Lipinski definition) is 1. The topological polar surface area (TPSA) is 64.7 Å². The summed E-state index contributed by atoms with van der Waals surface area (Å²) in [4.78, 5) is 12.3. The molecule has 0 spiro atoms. The summed E-state index contributed by atoms with van der Waals surface area (Å²) in [6, 6.07) is -0.915. The van der Waals surface area contributed by atoms with Crippen LogP contribution in [0, 0.1) is 13.8 Å². The zero-order valence-corrected chi connectivity index (χ0v) is 14.4. The van der Waals surface area contributed by atoms with Crippen molar-refractivity contribution in [3.63, 3.8) is 0 Å². The van der Waals surface area contributed by atoms with Gasteiger partial charge >= 0.3 is 6.18 Å². The molecule has 0 saturated heterocycles. The number of amides is 1. The van der Waals surface area contributed by atoms with Crippen LogP contribution in [0.2, 0.25) is 0 Å². The molecule has 1 atom stereocenters. The van der Waals surface area contributed by atoms with Crippen LogP contribution >= 0.6 is 15.9 Å². The number of rotatable bonds is 3. The molecule has 0 fully saturated rings. The first-order valence-corrected chi connectivity index (χ1v) is 7.44. The van der Waals surface area contributed by atoms with Crippen molar-refractivity contribution in [2.24, 2.45) is 7.05 Å². The van der Waals surface area contributed by atoms with E-state index in [1.807, 2.05) is 0 Å². The van der Waals surface area contributed by atoms with E-state index in [-0.39, 0.29) is 10.2 Å². The van der Waals surface area contributed by atoms with Crippen molar-refractivity contribution >= 4 is 27.5 Å². The molecule has 2 rings (SSSR count). The van der Waals surface area contributed by atoms with Gasteiger partial charge in [0.15, 0.2) is 5.69 Å². The first kappa shape index (κ1) is 17.5. The third-order valence-electron chi connectivity index (χ3n) is 3.58. The highest BCUT2D eigenvalue weighted by Crippen LogP contribution is 2.36. The third kappa shape index (κ3) is 3.26. The van der Waals surface area contributed by atoms with Crippen molar-refractivity contribution in [3.05, 3.63) is 27.8 Å². The summed E-state index contributed by atoms with van der Waals surface area (Å²) >= 11 is 2.89. The van der Waals surface area contributed by atoms with E-state index in [1.165, 1.54) is 20.0 Å². The van der Waals surface area contributed by atoms with Crippen LogP contribution in [-0.2, 0) is 18.0 Å². The maximum absolute atomic E-state index is 12.9. The molecule has 0 radical (unpaired) electrons. The Morgan fingerprint density at radius 3 is 2.39 bits per heavy atom. The minimum atomic E-state index is -4.59. The van der Waals surface area contributed by atoms with E-state index in [0.29, 0.717) is 5.69 Å². The number of anilines is 1. The molecule has 0 saturated carbocycles. The maximum Gasteiger partial charge on any atom is 0.436 e. The molecule has 126 valence electrons. The predicted molar refractivity (Wildman–Crippen MR) is 81.0 cm³/mol. The highest BCUT2D eigenvalue weighted by Gasteiger charge is 2.39. The molecule has 0 aliphatic heterocycles. The van der Waals surface area contributed by atoms with Gasteiger partial charge in [0.2, 0.25) is 5.91 Å². The zero-order chi connectivity index (χ0) is 17.5. The molecule has 0 aromatic carbocycles. The van der Waals surface area contributed by atoms with Gasteiger partial charge < -0.3 is 5.32 Å². The first-order chi connectivity index (χ1) is 10.5. The van der Waals surface area contributed by atoms with Crippen molar-refractivity contribution in [2.45, 2.75) is 33.0 Å². The SMILES string of the molecule is Cc1c(NC(=O)[C@@H](C)n2nc(C(F)(F)F)c(Br)c2C)cnn1C. The number of hydrogen-bond acceptors (Lipinski definition) is 3. The molecule has 1 N–H and O–H groups in total. The Labute approximate surface area is 138 Å². The lowest BCUT2D eigenvalue weighted by molar-refractivity contribution is -0.142. The normalized spacial score (nSPS) is 13.2. The predicted octanol–water partition coefficient (Wildman–Crippen LogP) is 3.21. The molecule has 2 aromatic rings. The molecule has 0 aliphatic carbocycles. The molecule has 1 amide bonds. The van der Waals surface area contributed by atoms with Gasteiger partial charge in [0.25, 0.3) is 0 Å². The second kappa shape index (κ2) is 5.99. The van der Waals surface area contributed by atoms with Gasteiger partial charge in [-0.1, -0.05) is 0 Å². The van der Waals surface area contributed by atoms with Gasteiger partial charge in [0, 0.05) is 7.05 Å². The molecule has 2 heterocycles. The summed E-state index contributed by atoms with van der Waals surface area (Å²) in [6.07, 6.45) is -3.11. The summed E-state index contributed by atoms with van der Waals surface area (Å²) in [6.45, 7) is 4.71. The van der Waals surface area contributed by atoms with Crippen LogP contribution in [0.15, 0.2) is 10.7 Å². The summed E-state index contributed by atoms with van der Waals surface area (Å²) in [7, 11) is 1.72. The van der Waals surface area contributed by atoms with Crippen LogP contribution in [0.4, 0.5) is 18.9 Å². The lowest BCUT2D eigenvalue weighted by Crippen LogP contribution is -2.25. The lowest BCUT2D eigenvalue weighted by atomic mass is 10.3. The Kier molecular flexibility index (Phi) is 4.56. The highest BCUT2D eigenvalue weighted by atomic mass is 79.9. The summed E-state index contributed by atoms with van der Waals surface area (Å²) in [5.74, 6) is -0.479. The number of nitrogens with zero attached hydrogens (tertiary/aromatic N) is 4. The molecular formula is C13H15BrF3N5O. The summed E-state index contributed by atoms with van der Waals surface area (Å²) < 4.78 is 41.1. The minimum Gasteiger partial charge on any atom is -0.321 e. The zero-order valence-electron chi connectivity index (χ0n) is 12.9. The summed E-state index contributed by atoms with van der Waals surface area (Å²) in [5.41, 5.74) is 0.416. The average molecular weight is 394 g/mol. The van der Waals surface area contributed by atoms with Gasteiger partial charge in [-0.3, -0.25) is 14.2 Å². The Bertz CT molecular complexity index is 750. The van der Waals surface area contributed by atoms with E-state index in [1.54, 1.807) is 18.7 Å². The number of carbonyl (C=O) groups is 1. The Balaban J connectivity index is 2.28. The fraction of sp³-hybridized carbons (Fsp3) is 0.462. The van der Waals surface area contributed by atoms with Crippen LogP contribution in [-0.4, -0.2) is 25.5 Å². The van der Waals surface area contributed by atoms with Crippen LogP contribution in [0.5, 0.6) is 0 Å². The van der Waals surface area contributed by atoms with Gasteiger partial charge in [-0.2, -0.15) is 23.4 Å². The molecule has 6 nitrogen and oxygen atoms in total. The maximum atomic E-state index is 12.9. The number of carbonyl (C=O) groups excluding carboxylic acids is 1. The molecule has 0 unspecified atom stereocenters. The second-order valence-corrected chi connectivity index (χ2v) is 5.92. The van der Waals surface area contributed by atoms with Crippen molar-refractivity contribution in [3.8, 4) is 0 Å². The van der Waals surface area contributed by atoms with Crippen molar-refractivity contribution in [2.75, 3.05) is 5.32 Å². The van der Waals surface area contributed by atoms with E-state index in [4.69, 9.17) is 0 Å². The number of aryl methyl sites for hydroxylation is 1. The first-order valence-electron chi connectivity index (χ1n) is 6.65. The van der Waals surface area contributed by atoms with Crippen LogP contribution < -0.4 is 5.32 Å². The van der Waals surface area contributed by atoms with Crippen molar-refractivity contribution in [1.82, 2.24) is 19.6 Å². The van der Waals surface area contributed by atoms with Crippen molar-refractivity contribution < 1.29 is 18.0 Å². The lowest BCUT2D eigenvalue weighted by Gasteiger charge is -2.14. The number of halogens is 4. The largest absolute Gasteiger partial charge is 0.436 e. The number of alkyl halides is 3. The van der Waals surface area contributed by atoms with E-state index in [9.17, 15) is 18.0 Å². The standard InChI is InChI=1S/C13H15BrF3N5O/c1-6-9(5-18-21(6)4)19-12(23)8(3)22-7(2)10(14)11(20-22)13(15,16)17/h5,8H,1-4H3,(H,19,23)/t8-/m1/s1. The van der Waals surface area contributed by atoms with Gasteiger partial charge in [-0.15, -0.1) is 0 Å². The number of aromatic nitrogens is 4. The van der Waals surface area contributed by atoms with Gasteiger partial charge in [-0.25, -0.2) is 0 Å². The summed E-state index contributed by atoms with van der Waals surface area (Å²) in [5, 5.41) is 10.2. The quantitative estimate of drug-likeness (QED) is 0.870. The van der Waals surface area contributed by atoms with Crippen LogP contribution in [0.25, 0.3) is 0 Å². The van der Waals surface area contributed by atoms with E-state index < -0.39 is 23.8 Å². The third-order valence-corrected chi connectivity index (χ3v) is 4.53. The highest BCUT2D eigenvalue weighted by molar-refractivity contribution is 9.10. The van der Waals surface area contributed by atoms with Gasteiger partial charge in [0.1, 0.15) is 6.04 Å². The van der Waals surface area contributed by atoms with Gasteiger partial charge in [-0.05, 0) is 36.7 Å². The minimum absolute atomic E-state index is 0.165. The fourth-order valence-corrected chi connectivity index (χ4v) is 2.51. The van der Waals surface area contributed by atoms with E-state index in [0.717, 1.165) is 10.4 Å². The Hall–Kier alpha value is -1.84. The Morgan fingerprint density at radius 1 is 1.35 bits per heavy atom. The second-order valence-electron chi connectivity index (χ2n) is 5.12. The van der Waals surface area contributed by atoms with Gasteiger partial charge in [0.05, 0.1) is 27.7 Å². The Morgan fingerprint density at radius 2 is 1.96 bits per heavy atom. The monoisotopic (exact) mass is 393 g/mol. The molecule has 10 heteroatoms. The molecule has 0 aliphatic rings. The number of nitrogens with one attached hydrogen (secondary N) is 1. The molecule has 0 bridgehead atoms. The smallest absolute Gasteiger partial charge is 0.321 e. The van der Waals surface area contributed by atoms with E-state index in [2.05, 4.69) is 31.4 Å². The molecular weight excluding hydrogens is 379 g/mol.